The molecule has 8 nitrogen and oxygen atoms in total. The summed E-state index contributed by atoms with van der Waals surface area (Å²) in [7, 11) is 0. The van der Waals surface area contributed by atoms with Gasteiger partial charge in [-0.05, 0) is 31.5 Å². The lowest BCUT2D eigenvalue weighted by molar-refractivity contribution is -0.133. The van der Waals surface area contributed by atoms with Crippen LogP contribution in [-0.4, -0.2) is 32.3 Å². The van der Waals surface area contributed by atoms with Crippen molar-refractivity contribution >= 4 is 11.9 Å². The molecule has 0 aliphatic carbocycles. The number of benzene rings is 1. The minimum atomic E-state index is -1.18. The quantitative estimate of drug-likeness (QED) is 0.772. The van der Waals surface area contributed by atoms with Crippen LogP contribution in [0.2, 0.25) is 0 Å². The van der Waals surface area contributed by atoms with Crippen molar-refractivity contribution in [3.8, 4) is 11.5 Å². The smallest absolute Gasteiger partial charge is 0.334 e. The normalized spacial score (nSPS) is 15.3. The van der Waals surface area contributed by atoms with Gasteiger partial charge in [-0.15, -0.1) is 10.2 Å². The largest absolute Gasteiger partial charge is 0.478 e. The van der Waals surface area contributed by atoms with Gasteiger partial charge < -0.3 is 19.9 Å². The van der Waals surface area contributed by atoms with Gasteiger partial charge in [0.1, 0.15) is 0 Å². The van der Waals surface area contributed by atoms with Gasteiger partial charge in [-0.1, -0.05) is 12.1 Å². The Labute approximate surface area is 142 Å². The first-order valence-electron chi connectivity index (χ1n) is 7.41. The molecular weight excluding hydrogens is 326 g/mol. The summed E-state index contributed by atoms with van der Waals surface area (Å²) in [6.45, 7) is 3.22. The van der Waals surface area contributed by atoms with Crippen LogP contribution < -0.4 is 5.32 Å². The molecule has 0 spiro atoms. The van der Waals surface area contributed by atoms with Crippen molar-refractivity contribution < 1.29 is 24.2 Å². The van der Waals surface area contributed by atoms with E-state index in [0.717, 1.165) is 0 Å². The first kappa shape index (κ1) is 16.4. The Kier molecular flexibility index (Phi) is 4.10. The van der Waals surface area contributed by atoms with Crippen molar-refractivity contribution in [2.24, 2.45) is 0 Å². The molecule has 0 saturated heterocycles. The molecule has 0 amide bonds. The fraction of sp³-hybridized carbons (Fsp3) is 0.176. The van der Waals surface area contributed by atoms with Crippen molar-refractivity contribution in [2.75, 3.05) is 0 Å². The Bertz CT molecular complexity index is 876. The zero-order valence-electron chi connectivity index (χ0n) is 13.5. The number of aliphatic carboxylic acids is 2. The van der Waals surface area contributed by atoms with E-state index in [0.29, 0.717) is 22.5 Å². The van der Waals surface area contributed by atoms with Crippen LogP contribution in [0.4, 0.5) is 0 Å². The molecule has 8 heteroatoms. The second-order valence-electron chi connectivity index (χ2n) is 5.62. The van der Waals surface area contributed by atoms with E-state index >= 15 is 0 Å². The van der Waals surface area contributed by atoms with Crippen LogP contribution in [0.1, 0.15) is 25.3 Å². The van der Waals surface area contributed by atoms with Gasteiger partial charge in [-0.3, -0.25) is 0 Å². The number of nitrogens with zero attached hydrogens (tertiary/aromatic N) is 2. The molecule has 3 rings (SSSR count). The summed E-state index contributed by atoms with van der Waals surface area (Å²) in [4.78, 5) is 23.6. The number of aromatic nitrogens is 2. The molecule has 1 aliphatic heterocycles. The summed E-state index contributed by atoms with van der Waals surface area (Å²) in [5.41, 5.74) is 1.90. The summed E-state index contributed by atoms with van der Waals surface area (Å²) in [5.74, 6) is -3.00. The fourth-order valence-corrected chi connectivity index (χ4v) is 3.04. The molecule has 1 aromatic carbocycles. The fourth-order valence-electron chi connectivity index (χ4n) is 3.04. The minimum absolute atomic E-state index is 0.00863. The van der Waals surface area contributed by atoms with Crippen molar-refractivity contribution in [1.29, 1.82) is 0 Å². The molecule has 2 heterocycles. The summed E-state index contributed by atoms with van der Waals surface area (Å²) >= 11 is 0. The highest BCUT2D eigenvalue weighted by atomic mass is 16.4. The van der Waals surface area contributed by atoms with Gasteiger partial charge >= 0.3 is 11.9 Å². The highest BCUT2D eigenvalue weighted by Crippen LogP contribution is 2.39. The van der Waals surface area contributed by atoms with E-state index in [9.17, 15) is 19.8 Å². The van der Waals surface area contributed by atoms with Crippen LogP contribution in [0, 0.1) is 0 Å². The first-order valence-corrected chi connectivity index (χ1v) is 7.41. The lowest BCUT2D eigenvalue weighted by Gasteiger charge is -2.28. The molecular formula is C17H15N3O5. The number of allylic oxidation sites excluding steroid dienone is 2. The molecule has 1 aliphatic rings. The third-order valence-corrected chi connectivity index (χ3v) is 4.05. The van der Waals surface area contributed by atoms with E-state index < -0.39 is 17.9 Å². The first-order chi connectivity index (χ1) is 11.9. The molecule has 128 valence electrons. The maximum atomic E-state index is 11.8. The van der Waals surface area contributed by atoms with Gasteiger partial charge in [-0.2, -0.15) is 0 Å². The number of dihydropyridines is 1. The molecule has 0 bridgehead atoms. The molecule has 0 saturated carbocycles. The molecule has 3 N–H and O–H groups in total. The molecule has 0 unspecified atom stereocenters. The summed E-state index contributed by atoms with van der Waals surface area (Å²) in [6.07, 6.45) is 1.19. The Hall–Kier alpha value is -3.42. The maximum absolute atomic E-state index is 11.8. The average Bonchev–Trinajstić information content (AvgIpc) is 3.07. The van der Waals surface area contributed by atoms with Crippen molar-refractivity contribution in [3.05, 3.63) is 58.8 Å². The zero-order valence-corrected chi connectivity index (χ0v) is 13.5. The SMILES string of the molecule is CC1=C(C(=O)O)C(c2cccc(-c3nnco3)c2)C(C(=O)O)=C(C)N1. The highest BCUT2D eigenvalue weighted by molar-refractivity contribution is 5.98. The zero-order chi connectivity index (χ0) is 18.1. The van der Waals surface area contributed by atoms with Crippen LogP contribution >= 0.6 is 0 Å². The van der Waals surface area contributed by atoms with Gasteiger partial charge in [-0.25, -0.2) is 9.59 Å². The van der Waals surface area contributed by atoms with Crippen molar-refractivity contribution in [3.63, 3.8) is 0 Å². The lowest BCUT2D eigenvalue weighted by atomic mass is 9.80. The Morgan fingerprint density at radius 2 is 1.76 bits per heavy atom. The number of carbonyl (C=O) groups is 2. The van der Waals surface area contributed by atoms with Crippen LogP contribution in [0.3, 0.4) is 0 Å². The lowest BCUT2D eigenvalue weighted by Crippen LogP contribution is -2.31. The number of rotatable bonds is 4. The number of hydrogen-bond donors (Lipinski definition) is 3. The second-order valence-corrected chi connectivity index (χ2v) is 5.62. The van der Waals surface area contributed by atoms with Gasteiger partial charge in [0.05, 0.1) is 17.1 Å². The van der Waals surface area contributed by atoms with Crippen LogP contribution in [0.15, 0.2) is 57.6 Å². The van der Waals surface area contributed by atoms with E-state index in [1.165, 1.54) is 6.39 Å². The van der Waals surface area contributed by atoms with Gasteiger partial charge in [0.15, 0.2) is 0 Å². The second kappa shape index (κ2) is 6.23. The molecule has 25 heavy (non-hydrogen) atoms. The number of nitrogens with one attached hydrogen (secondary N) is 1. The third-order valence-electron chi connectivity index (χ3n) is 4.05. The topological polar surface area (TPSA) is 126 Å². The average molecular weight is 341 g/mol. The molecule has 0 fully saturated rings. The molecule has 2 aromatic rings. The monoisotopic (exact) mass is 341 g/mol. The Morgan fingerprint density at radius 3 is 2.28 bits per heavy atom. The summed E-state index contributed by atoms with van der Waals surface area (Å²) < 4.78 is 5.16. The maximum Gasteiger partial charge on any atom is 0.334 e. The third kappa shape index (κ3) is 2.89. The summed E-state index contributed by atoms with van der Waals surface area (Å²) in [5, 5.41) is 29.5. The van der Waals surface area contributed by atoms with E-state index in [1.807, 2.05) is 0 Å². The van der Waals surface area contributed by atoms with Gasteiger partial charge in [0, 0.05) is 17.0 Å². The van der Waals surface area contributed by atoms with Crippen LogP contribution in [0.5, 0.6) is 0 Å². The Balaban J connectivity index is 2.20. The van der Waals surface area contributed by atoms with E-state index in [1.54, 1.807) is 38.1 Å². The minimum Gasteiger partial charge on any atom is -0.478 e. The predicted molar refractivity (Wildman–Crippen MR) is 86.3 cm³/mol. The van der Waals surface area contributed by atoms with Crippen molar-refractivity contribution in [1.82, 2.24) is 15.5 Å². The van der Waals surface area contributed by atoms with E-state index in [4.69, 9.17) is 4.42 Å². The number of carboxylic acids is 2. The highest BCUT2D eigenvalue weighted by Gasteiger charge is 2.36. The summed E-state index contributed by atoms with van der Waals surface area (Å²) in [6, 6.07) is 6.77. The number of carboxylic acid groups (broad SMARTS) is 2. The van der Waals surface area contributed by atoms with Gasteiger partial charge in [0.25, 0.3) is 0 Å². The molecule has 1 aromatic heterocycles. The van der Waals surface area contributed by atoms with Crippen molar-refractivity contribution in [2.45, 2.75) is 19.8 Å². The van der Waals surface area contributed by atoms with Gasteiger partial charge in [0.2, 0.25) is 12.3 Å². The van der Waals surface area contributed by atoms with E-state index in [-0.39, 0.29) is 17.0 Å². The molecule has 0 atom stereocenters. The van der Waals surface area contributed by atoms with E-state index in [2.05, 4.69) is 15.5 Å². The number of hydrogen-bond acceptors (Lipinski definition) is 6. The van der Waals surface area contributed by atoms with Crippen LogP contribution in [0.25, 0.3) is 11.5 Å². The standard InChI is InChI=1S/C17H15N3O5/c1-8-12(16(21)22)14(13(17(23)24)9(2)19-8)10-4-3-5-11(6-10)15-20-18-7-25-15/h3-7,14,19H,1-2H3,(H,21,22)(H,23,24). The Morgan fingerprint density at radius 1 is 1.12 bits per heavy atom. The predicted octanol–water partition coefficient (Wildman–Crippen LogP) is 2.14. The molecule has 0 radical (unpaired) electrons. The van der Waals surface area contributed by atoms with Crippen LogP contribution in [-0.2, 0) is 9.59 Å².